The van der Waals surface area contributed by atoms with E-state index in [0.717, 1.165) is 18.4 Å². The molecule has 0 amide bonds. The third-order valence-corrected chi connectivity index (χ3v) is 3.75. The number of hydrogen-bond acceptors (Lipinski definition) is 2. The SMILES string of the molecule is CCCCS(=O)CC(=O)Cc1ccc(F)cc1. The zero-order chi connectivity index (χ0) is 12.7. The zero-order valence-electron chi connectivity index (χ0n) is 9.95. The molecular formula is C13H17FO2S. The van der Waals surface area contributed by atoms with Gasteiger partial charge in [0, 0.05) is 23.0 Å². The lowest BCUT2D eigenvalue weighted by molar-refractivity contribution is -0.116. The van der Waals surface area contributed by atoms with E-state index in [1.165, 1.54) is 12.1 Å². The Hall–Kier alpha value is -1.03. The summed E-state index contributed by atoms with van der Waals surface area (Å²) >= 11 is 0. The van der Waals surface area contributed by atoms with Gasteiger partial charge in [-0.25, -0.2) is 4.39 Å². The summed E-state index contributed by atoms with van der Waals surface area (Å²) in [5.74, 6) is 0.335. The van der Waals surface area contributed by atoms with Gasteiger partial charge in [-0.05, 0) is 24.1 Å². The molecule has 0 heterocycles. The minimum Gasteiger partial charge on any atom is -0.298 e. The van der Waals surface area contributed by atoms with Crippen LogP contribution < -0.4 is 0 Å². The molecule has 0 fully saturated rings. The molecule has 0 spiro atoms. The van der Waals surface area contributed by atoms with Crippen molar-refractivity contribution in [3.05, 3.63) is 35.6 Å². The van der Waals surface area contributed by atoms with Gasteiger partial charge in [0.15, 0.2) is 0 Å². The monoisotopic (exact) mass is 256 g/mol. The van der Waals surface area contributed by atoms with Crippen molar-refractivity contribution in [3.8, 4) is 0 Å². The molecule has 0 saturated heterocycles. The fraction of sp³-hybridized carbons (Fsp3) is 0.462. The fourth-order valence-electron chi connectivity index (χ4n) is 1.44. The number of benzene rings is 1. The van der Waals surface area contributed by atoms with Crippen molar-refractivity contribution >= 4 is 16.6 Å². The first-order valence-electron chi connectivity index (χ1n) is 5.73. The van der Waals surface area contributed by atoms with E-state index in [2.05, 4.69) is 0 Å². The number of carbonyl (C=O) groups is 1. The predicted octanol–water partition coefficient (Wildman–Crippen LogP) is 2.49. The molecule has 1 atom stereocenters. The van der Waals surface area contributed by atoms with Crippen LogP contribution in [0.3, 0.4) is 0 Å². The molecule has 0 saturated carbocycles. The molecular weight excluding hydrogens is 239 g/mol. The molecule has 1 rings (SSSR count). The van der Waals surface area contributed by atoms with E-state index >= 15 is 0 Å². The molecule has 1 unspecified atom stereocenters. The average molecular weight is 256 g/mol. The molecule has 17 heavy (non-hydrogen) atoms. The van der Waals surface area contributed by atoms with Crippen LogP contribution >= 0.6 is 0 Å². The van der Waals surface area contributed by atoms with Crippen molar-refractivity contribution in [1.29, 1.82) is 0 Å². The van der Waals surface area contributed by atoms with E-state index in [-0.39, 0.29) is 23.8 Å². The normalized spacial score (nSPS) is 12.4. The smallest absolute Gasteiger partial charge is 0.149 e. The molecule has 0 aliphatic carbocycles. The molecule has 4 heteroatoms. The van der Waals surface area contributed by atoms with Crippen LogP contribution in [0.25, 0.3) is 0 Å². The number of halogens is 1. The van der Waals surface area contributed by atoms with Crippen molar-refractivity contribution < 1.29 is 13.4 Å². The van der Waals surface area contributed by atoms with Crippen LogP contribution in [0, 0.1) is 5.82 Å². The van der Waals surface area contributed by atoms with Gasteiger partial charge in [0.2, 0.25) is 0 Å². The van der Waals surface area contributed by atoms with Crippen molar-refractivity contribution in [2.75, 3.05) is 11.5 Å². The largest absolute Gasteiger partial charge is 0.298 e. The first kappa shape index (κ1) is 14.0. The summed E-state index contributed by atoms with van der Waals surface area (Å²) in [4.78, 5) is 11.6. The Balaban J connectivity index is 2.39. The number of ketones is 1. The van der Waals surface area contributed by atoms with Gasteiger partial charge in [-0.2, -0.15) is 0 Å². The standard InChI is InChI=1S/C13H17FO2S/c1-2-3-8-17(16)10-13(15)9-11-4-6-12(14)7-5-11/h4-7H,2-3,8-10H2,1H3. The van der Waals surface area contributed by atoms with E-state index in [4.69, 9.17) is 0 Å². The van der Waals surface area contributed by atoms with Crippen molar-refractivity contribution in [1.82, 2.24) is 0 Å². The topological polar surface area (TPSA) is 34.1 Å². The van der Waals surface area contributed by atoms with Gasteiger partial charge in [-0.1, -0.05) is 25.5 Å². The first-order chi connectivity index (χ1) is 8.11. The molecule has 0 bridgehead atoms. The summed E-state index contributed by atoms with van der Waals surface area (Å²) in [6.45, 7) is 2.03. The molecule has 1 aromatic rings. The minimum atomic E-state index is -1.05. The summed E-state index contributed by atoms with van der Waals surface area (Å²) in [6, 6.07) is 5.83. The third kappa shape index (κ3) is 5.73. The number of Topliss-reactive ketones (excluding diaryl/α,β-unsaturated/α-hetero) is 1. The molecule has 0 aliphatic rings. The second kappa shape index (κ2) is 7.33. The van der Waals surface area contributed by atoms with E-state index in [1.54, 1.807) is 12.1 Å². The number of rotatable bonds is 7. The highest BCUT2D eigenvalue weighted by Gasteiger charge is 2.08. The minimum absolute atomic E-state index is 0.0500. The van der Waals surface area contributed by atoms with Crippen molar-refractivity contribution in [2.45, 2.75) is 26.2 Å². The summed E-state index contributed by atoms with van der Waals surface area (Å²) in [5, 5.41) is 0. The Bertz CT molecular complexity index is 387. The summed E-state index contributed by atoms with van der Waals surface area (Å²) in [5.41, 5.74) is 0.767. The van der Waals surface area contributed by atoms with Gasteiger partial charge in [-0.3, -0.25) is 9.00 Å². The van der Waals surface area contributed by atoms with E-state index < -0.39 is 10.8 Å². The molecule has 0 N–H and O–H groups in total. The maximum atomic E-state index is 12.6. The molecule has 1 aromatic carbocycles. The maximum Gasteiger partial charge on any atom is 0.149 e. The van der Waals surface area contributed by atoms with Gasteiger partial charge >= 0.3 is 0 Å². The number of carbonyl (C=O) groups excluding carboxylic acids is 1. The Labute approximate surface area is 104 Å². The first-order valence-corrected chi connectivity index (χ1v) is 7.21. The Morgan fingerprint density at radius 2 is 1.94 bits per heavy atom. The second-order valence-electron chi connectivity index (χ2n) is 3.98. The average Bonchev–Trinajstić information content (AvgIpc) is 2.29. The lowest BCUT2D eigenvalue weighted by Gasteiger charge is -2.02. The Morgan fingerprint density at radius 3 is 2.53 bits per heavy atom. The Kier molecular flexibility index (Phi) is 6.05. The van der Waals surface area contributed by atoms with E-state index in [9.17, 15) is 13.4 Å². The Morgan fingerprint density at radius 1 is 1.29 bits per heavy atom. The molecule has 0 aliphatic heterocycles. The van der Waals surface area contributed by atoms with Crippen LogP contribution in [-0.2, 0) is 22.0 Å². The maximum absolute atomic E-state index is 12.6. The van der Waals surface area contributed by atoms with Crippen LogP contribution in [-0.4, -0.2) is 21.5 Å². The van der Waals surface area contributed by atoms with Gasteiger partial charge in [0.1, 0.15) is 11.6 Å². The number of unbranched alkanes of at least 4 members (excludes halogenated alkanes) is 1. The number of hydrogen-bond donors (Lipinski definition) is 0. The van der Waals surface area contributed by atoms with E-state index in [1.807, 2.05) is 6.92 Å². The fourth-order valence-corrected chi connectivity index (χ4v) is 2.65. The molecule has 2 nitrogen and oxygen atoms in total. The van der Waals surface area contributed by atoms with Gasteiger partial charge in [0.05, 0.1) is 5.75 Å². The second-order valence-corrected chi connectivity index (χ2v) is 5.56. The molecule has 0 radical (unpaired) electrons. The van der Waals surface area contributed by atoms with Crippen LogP contribution in [0.4, 0.5) is 4.39 Å². The highest BCUT2D eigenvalue weighted by atomic mass is 32.2. The predicted molar refractivity (Wildman–Crippen MR) is 67.9 cm³/mol. The summed E-state index contributed by atoms with van der Waals surface area (Å²) in [7, 11) is -1.05. The quantitative estimate of drug-likeness (QED) is 0.751. The molecule has 94 valence electrons. The lowest BCUT2D eigenvalue weighted by Crippen LogP contribution is -2.15. The van der Waals surface area contributed by atoms with Crippen LogP contribution in [0.1, 0.15) is 25.3 Å². The van der Waals surface area contributed by atoms with Gasteiger partial charge in [0.25, 0.3) is 0 Å². The molecule has 0 aromatic heterocycles. The van der Waals surface area contributed by atoms with E-state index in [0.29, 0.717) is 5.75 Å². The summed E-state index contributed by atoms with van der Waals surface area (Å²) in [6.07, 6.45) is 2.10. The van der Waals surface area contributed by atoms with Crippen LogP contribution in [0.5, 0.6) is 0 Å². The zero-order valence-corrected chi connectivity index (χ0v) is 10.8. The summed E-state index contributed by atoms with van der Waals surface area (Å²) < 4.78 is 24.1. The lowest BCUT2D eigenvalue weighted by atomic mass is 10.1. The highest BCUT2D eigenvalue weighted by molar-refractivity contribution is 7.85. The van der Waals surface area contributed by atoms with Crippen molar-refractivity contribution in [2.24, 2.45) is 0 Å². The van der Waals surface area contributed by atoms with Gasteiger partial charge in [-0.15, -0.1) is 0 Å². The van der Waals surface area contributed by atoms with Crippen LogP contribution in [0.15, 0.2) is 24.3 Å². The van der Waals surface area contributed by atoms with Crippen molar-refractivity contribution in [3.63, 3.8) is 0 Å². The van der Waals surface area contributed by atoms with Gasteiger partial charge < -0.3 is 0 Å². The van der Waals surface area contributed by atoms with Crippen LogP contribution in [0.2, 0.25) is 0 Å². The highest BCUT2D eigenvalue weighted by Crippen LogP contribution is 2.04. The third-order valence-electron chi connectivity index (χ3n) is 2.36.